The Morgan fingerprint density at radius 2 is 1.92 bits per heavy atom. The van der Waals surface area contributed by atoms with E-state index >= 15 is 0 Å². The van der Waals surface area contributed by atoms with Gasteiger partial charge in [-0.15, -0.1) is 24.8 Å². The molecule has 1 saturated heterocycles. The maximum atomic E-state index is 12.9. The first-order valence-corrected chi connectivity index (χ1v) is 9.06. The van der Waals surface area contributed by atoms with Gasteiger partial charge in [-0.25, -0.2) is 9.97 Å². The molecule has 2 N–H and O–H groups in total. The lowest BCUT2D eigenvalue weighted by Gasteiger charge is -2.46. The molecule has 3 aliphatic rings. The zero-order valence-electron chi connectivity index (χ0n) is 15.5. The van der Waals surface area contributed by atoms with Gasteiger partial charge in [0.2, 0.25) is 11.9 Å². The van der Waals surface area contributed by atoms with Gasteiger partial charge in [-0.3, -0.25) is 4.79 Å². The Morgan fingerprint density at radius 1 is 1.19 bits per heavy atom. The number of anilines is 1. The summed E-state index contributed by atoms with van der Waals surface area (Å²) in [6.45, 7) is 1.60. The second-order valence-corrected chi connectivity index (χ2v) is 8.06. The highest BCUT2D eigenvalue weighted by Crippen LogP contribution is 2.45. The second kappa shape index (κ2) is 7.49. The molecule has 2 aliphatic carbocycles. The van der Waals surface area contributed by atoms with Gasteiger partial charge in [-0.2, -0.15) is 0 Å². The molecule has 2 fully saturated rings. The normalized spacial score (nSPS) is 25.6. The van der Waals surface area contributed by atoms with Gasteiger partial charge in [0.15, 0.2) is 0 Å². The molecule has 1 aromatic rings. The molecule has 1 atom stereocenters. The number of likely N-dealkylation sites (tertiary alicyclic amines) is 1. The number of hydrogen-bond acceptors (Lipinski definition) is 5. The summed E-state index contributed by atoms with van der Waals surface area (Å²) >= 11 is 0. The molecule has 0 bridgehead atoms. The van der Waals surface area contributed by atoms with Crippen LogP contribution in [-0.2, 0) is 16.6 Å². The molecule has 4 rings (SSSR count). The fourth-order valence-electron chi connectivity index (χ4n) is 4.54. The number of halogens is 2. The Morgan fingerprint density at radius 3 is 2.54 bits per heavy atom. The van der Waals surface area contributed by atoms with E-state index in [-0.39, 0.29) is 36.1 Å². The summed E-state index contributed by atoms with van der Waals surface area (Å²) in [6.07, 6.45) is 8.92. The number of nitrogens with zero attached hydrogens (tertiary/aromatic N) is 4. The van der Waals surface area contributed by atoms with E-state index < -0.39 is 5.54 Å². The Balaban J connectivity index is 0.00000121. The minimum atomic E-state index is -0.597. The number of nitrogens with two attached hydrogens (primary N) is 1. The van der Waals surface area contributed by atoms with Gasteiger partial charge in [0.05, 0.1) is 11.2 Å². The van der Waals surface area contributed by atoms with Crippen LogP contribution < -0.4 is 10.6 Å². The smallest absolute Gasteiger partial charge is 0.242 e. The third kappa shape index (κ3) is 3.27. The highest BCUT2D eigenvalue weighted by molar-refractivity contribution is 5.87. The van der Waals surface area contributed by atoms with E-state index in [1.807, 2.05) is 30.1 Å². The molecule has 1 amide bonds. The number of fused-ring (bicyclic) bond motifs is 2. The summed E-state index contributed by atoms with van der Waals surface area (Å²) < 4.78 is 0. The van der Waals surface area contributed by atoms with Crippen molar-refractivity contribution in [3.05, 3.63) is 17.5 Å². The van der Waals surface area contributed by atoms with Crippen LogP contribution in [-0.4, -0.2) is 53.5 Å². The first-order chi connectivity index (χ1) is 11.4. The minimum absolute atomic E-state index is 0. The van der Waals surface area contributed by atoms with Gasteiger partial charge in [0.25, 0.3) is 0 Å². The highest BCUT2D eigenvalue weighted by Gasteiger charge is 2.49. The number of amides is 1. The van der Waals surface area contributed by atoms with E-state index in [1.165, 1.54) is 11.3 Å². The van der Waals surface area contributed by atoms with Crippen LogP contribution in [0.1, 0.15) is 49.8 Å². The molecule has 0 radical (unpaired) electrons. The lowest BCUT2D eigenvalue weighted by molar-refractivity contribution is -0.142. The molecular formula is C18H29Cl2N5O. The van der Waals surface area contributed by atoms with Crippen LogP contribution in [0, 0.1) is 0 Å². The van der Waals surface area contributed by atoms with Crippen LogP contribution in [0.4, 0.5) is 5.95 Å². The largest absolute Gasteiger partial charge is 0.347 e. The molecule has 26 heavy (non-hydrogen) atoms. The van der Waals surface area contributed by atoms with Crippen LogP contribution in [0.3, 0.4) is 0 Å². The zero-order chi connectivity index (χ0) is 16.9. The quantitative estimate of drug-likeness (QED) is 0.820. The number of aryl methyl sites for hydroxylation is 1. The first kappa shape index (κ1) is 21.2. The minimum Gasteiger partial charge on any atom is -0.347 e. The van der Waals surface area contributed by atoms with Gasteiger partial charge >= 0.3 is 0 Å². The van der Waals surface area contributed by atoms with Crippen LogP contribution in [0.15, 0.2) is 6.20 Å². The Hall–Kier alpha value is -1.11. The van der Waals surface area contributed by atoms with Crippen molar-refractivity contribution in [2.75, 3.05) is 32.1 Å². The van der Waals surface area contributed by atoms with E-state index in [9.17, 15) is 4.79 Å². The molecule has 8 heteroatoms. The number of carbonyl (C=O) groups is 1. The van der Waals surface area contributed by atoms with Crippen LogP contribution in [0.5, 0.6) is 0 Å². The summed E-state index contributed by atoms with van der Waals surface area (Å²) in [7, 11) is 3.93. The number of piperidine rings is 1. The van der Waals surface area contributed by atoms with Gasteiger partial charge < -0.3 is 15.5 Å². The predicted molar refractivity (Wildman–Crippen MR) is 107 cm³/mol. The molecule has 6 nitrogen and oxygen atoms in total. The molecule has 1 aliphatic heterocycles. The molecule has 1 unspecified atom stereocenters. The number of hydrogen-bond donors (Lipinski definition) is 1. The van der Waals surface area contributed by atoms with Gasteiger partial charge in [-0.05, 0) is 50.5 Å². The summed E-state index contributed by atoms with van der Waals surface area (Å²) in [5.41, 5.74) is 8.12. The summed E-state index contributed by atoms with van der Waals surface area (Å²) in [4.78, 5) is 26.2. The maximum absolute atomic E-state index is 12.9. The average molecular weight is 402 g/mol. The lowest BCUT2D eigenvalue weighted by atomic mass is 9.74. The molecular weight excluding hydrogens is 373 g/mol. The van der Waals surface area contributed by atoms with Crippen molar-refractivity contribution in [1.29, 1.82) is 0 Å². The average Bonchev–Trinajstić information content (AvgIpc) is 2.89. The third-order valence-electron chi connectivity index (χ3n) is 6.16. The highest BCUT2D eigenvalue weighted by atomic mass is 35.5. The number of rotatable bonds is 2. The summed E-state index contributed by atoms with van der Waals surface area (Å²) in [5, 5.41) is 0. The van der Waals surface area contributed by atoms with Crippen molar-refractivity contribution >= 4 is 36.7 Å². The Labute approximate surface area is 167 Å². The fourth-order valence-corrected chi connectivity index (χ4v) is 4.54. The molecule has 1 spiro atoms. The van der Waals surface area contributed by atoms with Crippen molar-refractivity contribution in [3.8, 4) is 0 Å². The molecule has 1 aromatic heterocycles. The van der Waals surface area contributed by atoms with Crippen molar-refractivity contribution < 1.29 is 4.79 Å². The molecule has 2 heterocycles. The second-order valence-electron chi connectivity index (χ2n) is 8.06. The molecule has 1 saturated carbocycles. The van der Waals surface area contributed by atoms with Crippen molar-refractivity contribution in [2.45, 2.75) is 55.9 Å². The lowest BCUT2D eigenvalue weighted by Crippen LogP contribution is -2.62. The van der Waals surface area contributed by atoms with E-state index in [4.69, 9.17) is 10.7 Å². The van der Waals surface area contributed by atoms with Crippen LogP contribution in [0.2, 0.25) is 0 Å². The van der Waals surface area contributed by atoms with E-state index in [1.54, 1.807) is 0 Å². The van der Waals surface area contributed by atoms with E-state index in [0.29, 0.717) is 0 Å². The topological polar surface area (TPSA) is 75.4 Å². The standard InChI is InChI=1S/C18H27N5O.2ClH/c1-22(2)16-20-11-13-5-9-17(14(13)21-16)6-4-10-23(12-17)15(24)18(19)7-3-8-18;;/h11H,3-10,12,19H2,1-2H3;2*1H. The molecule has 146 valence electrons. The SMILES string of the molecule is CN(C)c1ncc2c(n1)C1(CCCN(C(=O)C3(N)CCC3)C1)CC2.Cl.Cl. The fraction of sp³-hybridized carbons (Fsp3) is 0.722. The number of aromatic nitrogens is 2. The van der Waals surface area contributed by atoms with E-state index in [0.717, 1.165) is 64.0 Å². The first-order valence-electron chi connectivity index (χ1n) is 9.06. The number of carbonyl (C=O) groups excluding carboxylic acids is 1. The van der Waals surface area contributed by atoms with Crippen LogP contribution in [0.25, 0.3) is 0 Å². The van der Waals surface area contributed by atoms with Crippen molar-refractivity contribution in [3.63, 3.8) is 0 Å². The van der Waals surface area contributed by atoms with Crippen molar-refractivity contribution in [2.24, 2.45) is 5.73 Å². The Kier molecular flexibility index (Phi) is 6.10. The summed E-state index contributed by atoms with van der Waals surface area (Å²) in [6, 6.07) is 0. The predicted octanol–water partition coefficient (Wildman–Crippen LogP) is 2.07. The maximum Gasteiger partial charge on any atom is 0.242 e. The van der Waals surface area contributed by atoms with Gasteiger partial charge in [0, 0.05) is 38.8 Å². The van der Waals surface area contributed by atoms with Crippen LogP contribution >= 0.6 is 24.8 Å². The van der Waals surface area contributed by atoms with Gasteiger partial charge in [0.1, 0.15) is 0 Å². The summed E-state index contributed by atoms with van der Waals surface area (Å²) in [5.74, 6) is 0.913. The third-order valence-corrected chi connectivity index (χ3v) is 6.16. The van der Waals surface area contributed by atoms with Gasteiger partial charge in [-0.1, -0.05) is 0 Å². The monoisotopic (exact) mass is 401 g/mol. The zero-order valence-corrected chi connectivity index (χ0v) is 17.2. The van der Waals surface area contributed by atoms with Crippen molar-refractivity contribution in [1.82, 2.24) is 14.9 Å². The van der Waals surface area contributed by atoms with E-state index in [2.05, 4.69) is 4.98 Å². The molecule has 0 aromatic carbocycles. The Bertz CT molecular complexity index is 676.